The van der Waals surface area contributed by atoms with E-state index in [0.29, 0.717) is 17.0 Å². The van der Waals surface area contributed by atoms with Crippen molar-refractivity contribution in [1.82, 2.24) is 9.97 Å². The molecule has 2 aromatic rings. The third-order valence-corrected chi connectivity index (χ3v) is 5.60. The van der Waals surface area contributed by atoms with Crippen molar-refractivity contribution in [2.75, 3.05) is 31.5 Å². The summed E-state index contributed by atoms with van der Waals surface area (Å²) >= 11 is 0. The largest absolute Gasteiger partial charge is 0.495 e. The molecule has 1 atom stereocenters. The van der Waals surface area contributed by atoms with Crippen LogP contribution in [0.5, 0.6) is 5.75 Å². The molecule has 1 aliphatic carbocycles. The molecule has 1 fully saturated rings. The van der Waals surface area contributed by atoms with Crippen LogP contribution in [0.3, 0.4) is 0 Å². The number of hydrogen-bond donors (Lipinski definition) is 3. The molecule has 0 aliphatic heterocycles. The van der Waals surface area contributed by atoms with Crippen LogP contribution in [0, 0.1) is 5.41 Å². The number of nitrogens with one attached hydrogen (secondary N) is 2. The Bertz CT molecular complexity index is 1140. The average molecular weight is 526 g/mol. The molecule has 1 heterocycles. The second-order valence-corrected chi connectivity index (χ2v) is 9.33. The molecule has 13 heteroatoms. The number of methoxy groups -OCH3 is 2. The van der Waals surface area contributed by atoms with E-state index in [-0.39, 0.29) is 30.8 Å². The first kappa shape index (κ1) is 28.0. The predicted octanol–water partition coefficient (Wildman–Crippen LogP) is 3.43. The van der Waals surface area contributed by atoms with E-state index in [1.165, 1.54) is 14.2 Å². The number of halogens is 3. The highest BCUT2D eigenvalue weighted by Crippen LogP contribution is 2.37. The monoisotopic (exact) mass is 525 g/mol. The van der Waals surface area contributed by atoms with Crippen molar-refractivity contribution in [2.24, 2.45) is 11.1 Å². The molecular weight excluding hydrogens is 495 g/mol. The summed E-state index contributed by atoms with van der Waals surface area (Å²) in [7, 11) is 2.66. The highest BCUT2D eigenvalue weighted by atomic mass is 19.4. The molecular formula is C24H30F3N5O5. The molecule has 4 N–H and O–H groups in total. The van der Waals surface area contributed by atoms with Crippen molar-refractivity contribution in [3.05, 3.63) is 35.5 Å². The second-order valence-electron chi connectivity index (χ2n) is 9.33. The fourth-order valence-electron chi connectivity index (χ4n) is 3.30. The number of hydrogen-bond acceptors (Lipinski definition) is 10. The zero-order chi connectivity index (χ0) is 27.4. The van der Waals surface area contributed by atoms with Gasteiger partial charge in [-0.25, -0.2) is 4.98 Å². The number of nitrogens with two attached hydrogens (primary N) is 1. The van der Waals surface area contributed by atoms with E-state index >= 15 is 0 Å². The molecule has 0 unspecified atom stereocenters. The smallest absolute Gasteiger partial charge is 0.421 e. The zero-order valence-corrected chi connectivity index (χ0v) is 20.9. The van der Waals surface area contributed by atoms with Crippen molar-refractivity contribution in [3.8, 4) is 5.75 Å². The Labute approximate surface area is 212 Å². The molecule has 0 spiro atoms. The van der Waals surface area contributed by atoms with E-state index in [1.807, 2.05) is 0 Å². The van der Waals surface area contributed by atoms with Gasteiger partial charge in [-0.1, -0.05) is 6.07 Å². The molecule has 202 valence electrons. The number of nitrogens with zero attached hydrogens (tertiary/aromatic N) is 2. The molecule has 0 saturated heterocycles. The number of rotatable bonds is 11. The Morgan fingerprint density at radius 3 is 2.51 bits per heavy atom. The van der Waals surface area contributed by atoms with Gasteiger partial charge in [-0.2, -0.15) is 18.2 Å². The van der Waals surface area contributed by atoms with Gasteiger partial charge in [0.2, 0.25) is 5.95 Å². The van der Waals surface area contributed by atoms with Gasteiger partial charge in [-0.3, -0.25) is 9.59 Å². The molecule has 1 aromatic carbocycles. The minimum Gasteiger partial charge on any atom is -0.495 e. The number of ether oxygens (including phenoxy) is 3. The van der Waals surface area contributed by atoms with Gasteiger partial charge in [0.15, 0.2) is 0 Å². The number of alkyl halides is 3. The first-order valence-corrected chi connectivity index (χ1v) is 11.5. The number of benzene rings is 1. The molecule has 0 amide bonds. The molecule has 1 aliphatic rings. The van der Waals surface area contributed by atoms with Gasteiger partial charge in [0.25, 0.3) is 0 Å². The van der Waals surface area contributed by atoms with Gasteiger partial charge in [0, 0.05) is 12.2 Å². The van der Waals surface area contributed by atoms with Crippen LogP contribution in [0.25, 0.3) is 0 Å². The lowest BCUT2D eigenvalue weighted by atomic mass is 9.95. The summed E-state index contributed by atoms with van der Waals surface area (Å²) in [5.74, 6) is -1.20. The lowest BCUT2D eigenvalue weighted by Gasteiger charge is -2.22. The van der Waals surface area contributed by atoms with Crippen LogP contribution in [0.2, 0.25) is 0 Å². The van der Waals surface area contributed by atoms with Crippen LogP contribution in [-0.4, -0.2) is 54.8 Å². The summed E-state index contributed by atoms with van der Waals surface area (Å²) in [5.41, 5.74) is 5.07. The van der Waals surface area contributed by atoms with E-state index in [4.69, 9.17) is 15.2 Å². The lowest BCUT2D eigenvalue weighted by molar-refractivity contribution is -0.160. The van der Waals surface area contributed by atoms with Crippen LogP contribution in [0.1, 0.15) is 37.8 Å². The molecule has 3 rings (SSSR count). The number of carbonyl (C=O) groups is 2. The average Bonchev–Trinajstić information content (AvgIpc) is 3.66. The van der Waals surface area contributed by atoms with E-state index in [2.05, 4.69) is 25.3 Å². The van der Waals surface area contributed by atoms with E-state index in [0.717, 1.165) is 19.0 Å². The minimum atomic E-state index is -4.59. The fraction of sp³-hybridized carbons (Fsp3) is 0.500. The second kappa shape index (κ2) is 11.2. The van der Waals surface area contributed by atoms with Crippen LogP contribution < -0.4 is 21.1 Å². The topological polar surface area (TPSA) is 138 Å². The van der Waals surface area contributed by atoms with Crippen LogP contribution >= 0.6 is 0 Å². The Morgan fingerprint density at radius 2 is 1.92 bits per heavy atom. The Kier molecular flexibility index (Phi) is 8.46. The van der Waals surface area contributed by atoms with Gasteiger partial charge in [0.1, 0.15) is 29.8 Å². The van der Waals surface area contributed by atoms with Crippen molar-refractivity contribution < 1.29 is 37.0 Å². The summed E-state index contributed by atoms with van der Waals surface area (Å²) in [6.07, 6.45) is -2.20. The Hall–Kier alpha value is -3.61. The predicted molar refractivity (Wildman–Crippen MR) is 128 cm³/mol. The summed E-state index contributed by atoms with van der Waals surface area (Å²) in [6, 6.07) is 3.86. The van der Waals surface area contributed by atoms with Crippen molar-refractivity contribution in [2.45, 2.75) is 51.4 Å². The normalized spacial score (nSPS) is 14.5. The molecule has 10 nitrogen and oxygen atoms in total. The van der Waals surface area contributed by atoms with Crippen molar-refractivity contribution >= 4 is 29.4 Å². The van der Waals surface area contributed by atoms with E-state index in [9.17, 15) is 22.8 Å². The highest BCUT2D eigenvalue weighted by molar-refractivity contribution is 5.78. The SMILES string of the molecule is COC(=O)C(C)(C)COC(=O)[C@@H](N)Cc1ccc(Nc2ncc(C(F)(F)F)c(NC3CC3)n2)c(OC)c1. The number of esters is 2. The minimum absolute atomic E-state index is 0.0416. The third-order valence-electron chi connectivity index (χ3n) is 5.60. The van der Waals surface area contributed by atoms with Gasteiger partial charge < -0.3 is 30.6 Å². The summed E-state index contributed by atoms with van der Waals surface area (Å²) in [6.45, 7) is 2.97. The van der Waals surface area contributed by atoms with Gasteiger partial charge in [0.05, 0.1) is 25.3 Å². The van der Waals surface area contributed by atoms with Crippen LogP contribution in [0.4, 0.5) is 30.6 Å². The number of anilines is 3. The number of aromatic nitrogens is 2. The van der Waals surface area contributed by atoms with Gasteiger partial charge >= 0.3 is 18.1 Å². The molecule has 1 saturated carbocycles. The maximum Gasteiger partial charge on any atom is 0.421 e. The summed E-state index contributed by atoms with van der Waals surface area (Å²) in [5, 5.41) is 5.66. The standard InChI is InChI=1S/C24H30F3N5O5/c1-23(2,21(34)36-4)12-37-20(33)16(28)9-13-5-8-17(18(10-13)35-3)31-22-29-11-15(24(25,26)27)19(32-22)30-14-6-7-14/h5,8,10-11,14,16H,6-7,9,12,28H2,1-4H3,(H2,29,30,31,32)/t16-/m0/s1. The zero-order valence-electron chi connectivity index (χ0n) is 20.9. The molecule has 37 heavy (non-hydrogen) atoms. The first-order chi connectivity index (χ1) is 17.3. The van der Waals surface area contributed by atoms with Crippen molar-refractivity contribution in [1.29, 1.82) is 0 Å². The first-order valence-electron chi connectivity index (χ1n) is 11.5. The van der Waals surface area contributed by atoms with E-state index in [1.54, 1.807) is 32.0 Å². The summed E-state index contributed by atoms with van der Waals surface area (Å²) < 4.78 is 55.3. The number of carbonyl (C=O) groups excluding carboxylic acids is 2. The Morgan fingerprint density at radius 1 is 1.22 bits per heavy atom. The molecule has 0 radical (unpaired) electrons. The van der Waals surface area contributed by atoms with E-state index < -0.39 is 35.1 Å². The van der Waals surface area contributed by atoms with Gasteiger partial charge in [-0.05, 0) is 50.8 Å². The van der Waals surface area contributed by atoms with Gasteiger partial charge in [-0.15, -0.1) is 0 Å². The van der Waals surface area contributed by atoms with Crippen LogP contribution in [-0.2, 0) is 31.7 Å². The Balaban J connectivity index is 1.69. The quantitative estimate of drug-likeness (QED) is 0.374. The summed E-state index contributed by atoms with van der Waals surface area (Å²) in [4.78, 5) is 31.9. The van der Waals surface area contributed by atoms with Crippen LogP contribution in [0.15, 0.2) is 24.4 Å². The maximum absolute atomic E-state index is 13.3. The highest BCUT2D eigenvalue weighted by Gasteiger charge is 2.37. The van der Waals surface area contributed by atoms with Crippen molar-refractivity contribution in [3.63, 3.8) is 0 Å². The fourth-order valence-corrected chi connectivity index (χ4v) is 3.30. The third kappa shape index (κ3) is 7.44. The lowest BCUT2D eigenvalue weighted by Crippen LogP contribution is -2.38. The molecule has 0 bridgehead atoms. The maximum atomic E-state index is 13.3. The molecule has 1 aromatic heterocycles.